The summed E-state index contributed by atoms with van der Waals surface area (Å²) in [6.45, 7) is 1.52. The Morgan fingerprint density at radius 1 is 1.12 bits per heavy atom. The monoisotopic (exact) mass is 344 g/mol. The summed E-state index contributed by atoms with van der Waals surface area (Å²) in [5.41, 5.74) is 0.252. The summed E-state index contributed by atoms with van der Waals surface area (Å²) in [4.78, 5) is 25.4. The van der Waals surface area contributed by atoms with Gasteiger partial charge in [-0.2, -0.15) is 0 Å². The molecule has 2 heterocycles. The number of aryl methyl sites for hydroxylation is 1. The van der Waals surface area contributed by atoms with E-state index in [1.165, 1.54) is 29.5 Å². The number of hydrogen-bond acceptors (Lipinski definition) is 5. The first-order chi connectivity index (χ1) is 11.5. The first kappa shape index (κ1) is 16.1. The van der Waals surface area contributed by atoms with Crippen molar-refractivity contribution in [3.8, 4) is 11.3 Å². The molecule has 0 spiro atoms. The van der Waals surface area contributed by atoms with Crippen molar-refractivity contribution >= 4 is 23.1 Å². The van der Waals surface area contributed by atoms with E-state index in [2.05, 4.69) is 0 Å². The van der Waals surface area contributed by atoms with Crippen molar-refractivity contribution in [1.29, 1.82) is 0 Å². The number of esters is 1. The van der Waals surface area contributed by atoms with Crippen molar-refractivity contribution in [1.82, 2.24) is 0 Å². The van der Waals surface area contributed by atoms with E-state index >= 15 is 0 Å². The summed E-state index contributed by atoms with van der Waals surface area (Å²) in [5, 5.41) is 0. The van der Waals surface area contributed by atoms with Crippen LogP contribution in [0.25, 0.3) is 11.3 Å². The van der Waals surface area contributed by atoms with Crippen LogP contribution < -0.4 is 0 Å². The van der Waals surface area contributed by atoms with Gasteiger partial charge in [0.05, 0.1) is 10.4 Å². The van der Waals surface area contributed by atoms with E-state index in [9.17, 15) is 14.0 Å². The molecule has 0 radical (unpaired) electrons. The summed E-state index contributed by atoms with van der Waals surface area (Å²) < 4.78 is 24.0. The average molecular weight is 344 g/mol. The number of hydrogen-bond donors (Lipinski definition) is 0. The fraction of sp³-hybridized carbons (Fsp3) is 0.111. The van der Waals surface area contributed by atoms with Gasteiger partial charge in [0.25, 0.3) is 0 Å². The van der Waals surface area contributed by atoms with Gasteiger partial charge < -0.3 is 9.15 Å². The summed E-state index contributed by atoms with van der Waals surface area (Å²) in [7, 11) is 0. The second-order valence-electron chi connectivity index (χ2n) is 5.05. The predicted octanol–water partition coefficient (Wildman–Crippen LogP) is 4.50. The second kappa shape index (κ2) is 6.80. The number of halogens is 1. The highest BCUT2D eigenvalue weighted by molar-refractivity contribution is 7.14. The van der Waals surface area contributed by atoms with Gasteiger partial charge in [0.15, 0.2) is 6.61 Å². The normalized spacial score (nSPS) is 10.6. The Morgan fingerprint density at radius 2 is 1.92 bits per heavy atom. The Hall–Kier alpha value is -2.73. The lowest BCUT2D eigenvalue weighted by Gasteiger charge is -2.01. The Labute approximate surface area is 141 Å². The maximum absolute atomic E-state index is 13.7. The molecule has 4 nitrogen and oxygen atoms in total. The van der Waals surface area contributed by atoms with Crippen LogP contribution >= 0.6 is 11.3 Å². The Bertz CT molecular complexity index is 894. The maximum Gasteiger partial charge on any atom is 0.374 e. The zero-order chi connectivity index (χ0) is 17.1. The average Bonchev–Trinajstić information content (AvgIpc) is 3.22. The molecule has 122 valence electrons. The van der Waals surface area contributed by atoms with Crippen molar-refractivity contribution < 1.29 is 23.1 Å². The zero-order valence-corrected chi connectivity index (χ0v) is 13.6. The van der Waals surface area contributed by atoms with E-state index in [-0.39, 0.29) is 29.5 Å². The van der Waals surface area contributed by atoms with Crippen LogP contribution in [-0.2, 0) is 4.74 Å². The van der Waals surface area contributed by atoms with Crippen molar-refractivity contribution in [2.75, 3.05) is 6.61 Å². The van der Waals surface area contributed by atoms with Gasteiger partial charge in [-0.3, -0.25) is 4.79 Å². The van der Waals surface area contributed by atoms with E-state index in [0.717, 1.165) is 4.88 Å². The molecule has 3 aromatic rings. The van der Waals surface area contributed by atoms with Gasteiger partial charge in [0.2, 0.25) is 11.5 Å². The van der Waals surface area contributed by atoms with Crippen LogP contribution in [0, 0.1) is 12.7 Å². The third-order valence-corrected chi connectivity index (χ3v) is 4.34. The van der Waals surface area contributed by atoms with E-state index in [1.54, 1.807) is 24.3 Å². The number of thiophene rings is 1. The van der Waals surface area contributed by atoms with E-state index in [0.29, 0.717) is 4.88 Å². The van der Waals surface area contributed by atoms with Crippen LogP contribution in [0.15, 0.2) is 52.9 Å². The fourth-order valence-electron chi connectivity index (χ4n) is 2.11. The number of ether oxygens (including phenoxy) is 1. The molecule has 1 aromatic carbocycles. The molecule has 0 aliphatic heterocycles. The van der Waals surface area contributed by atoms with Crippen LogP contribution in [0.5, 0.6) is 0 Å². The third-order valence-electron chi connectivity index (χ3n) is 3.30. The molecular formula is C18H13FO4S. The molecular weight excluding hydrogens is 331 g/mol. The van der Waals surface area contributed by atoms with Gasteiger partial charge >= 0.3 is 5.97 Å². The lowest BCUT2D eigenvalue weighted by Crippen LogP contribution is -2.12. The number of rotatable bonds is 5. The van der Waals surface area contributed by atoms with Gasteiger partial charge in [0.1, 0.15) is 11.6 Å². The molecule has 24 heavy (non-hydrogen) atoms. The quantitative estimate of drug-likeness (QED) is 0.505. The molecule has 0 N–H and O–H groups in total. The van der Waals surface area contributed by atoms with Crippen LogP contribution in [0.1, 0.15) is 25.1 Å². The molecule has 0 aliphatic carbocycles. The standard InChI is InChI=1S/C18H13FO4S/c1-11-6-9-17(24-11)14(20)10-22-18(21)16-8-7-15(23-16)12-4-2-3-5-13(12)19/h2-9H,10H2,1H3. The van der Waals surface area contributed by atoms with Crippen LogP contribution in [0.4, 0.5) is 4.39 Å². The van der Waals surface area contributed by atoms with Crippen molar-refractivity contribution in [3.63, 3.8) is 0 Å². The number of ketones is 1. The number of benzene rings is 1. The smallest absolute Gasteiger partial charge is 0.374 e. The van der Waals surface area contributed by atoms with Crippen LogP contribution in [-0.4, -0.2) is 18.4 Å². The van der Waals surface area contributed by atoms with E-state index in [4.69, 9.17) is 9.15 Å². The highest BCUT2D eigenvalue weighted by Gasteiger charge is 2.17. The second-order valence-corrected chi connectivity index (χ2v) is 6.34. The van der Waals surface area contributed by atoms with Gasteiger partial charge in [0, 0.05) is 4.88 Å². The van der Waals surface area contributed by atoms with Gasteiger partial charge in [-0.25, -0.2) is 9.18 Å². The Morgan fingerprint density at radius 3 is 2.62 bits per heavy atom. The highest BCUT2D eigenvalue weighted by atomic mass is 32.1. The summed E-state index contributed by atoms with van der Waals surface area (Å²) in [5.74, 6) is -1.35. The number of furan rings is 1. The van der Waals surface area contributed by atoms with E-state index in [1.807, 2.05) is 13.0 Å². The molecule has 2 aromatic heterocycles. The van der Waals surface area contributed by atoms with Gasteiger partial charge in [-0.05, 0) is 43.3 Å². The Kier molecular flexibility index (Phi) is 4.57. The minimum Gasteiger partial charge on any atom is -0.451 e. The van der Waals surface area contributed by atoms with Crippen LogP contribution in [0.2, 0.25) is 0 Å². The maximum atomic E-state index is 13.7. The molecule has 0 bridgehead atoms. The van der Waals surface area contributed by atoms with Crippen LogP contribution in [0.3, 0.4) is 0 Å². The minimum atomic E-state index is -0.765. The minimum absolute atomic E-state index is 0.0802. The lowest BCUT2D eigenvalue weighted by molar-refractivity contribution is 0.0446. The fourth-order valence-corrected chi connectivity index (χ4v) is 2.90. The lowest BCUT2D eigenvalue weighted by atomic mass is 10.1. The summed E-state index contributed by atoms with van der Waals surface area (Å²) in [6.07, 6.45) is 0. The molecule has 0 amide bonds. The highest BCUT2D eigenvalue weighted by Crippen LogP contribution is 2.25. The molecule has 0 saturated heterocycles. The van der Waals surface area contributed by atoms with Crippen molar-refractivity contribution in [3.05, 3.63) is 69.9 Å². The first-order valence-corrected chi connectivity index (χ1v) is 7.98. The molecule has 0 unspecified atom stereocenters. The zero-order valence-electron chi connectivity index (χ0n) is 12.7. The van der Waals surface area contributed by atoms with Gasteiger partial charge in [-0.1, -0.05) is 12.1 Å². The largest absolute Gasteiger partial charge is 0.451 e. The van der Waals surface area contributed by atoms with Gasteiger partial charge in [-0.15, -0.1) is 11.3 Å². The molecule has 0 atom stereocenters. The van der Waals surface area contributed by atoms with Crippen molar-refractivity contribution in [2.45, 2.75) is 6.92 Å². The summed E-state index contributed by atoms with van der Waals surface area (Å²) in [6, 6.07) is 12.5. The number of carbonyl (C=O) groups excluding carboxylic acids is 2. The molecule has 0 saturated carbocycles. The molecule has 3 rings (SSSR count). The first-order valence-electron chi connectivity index (χ1n) is 7.16. The molecule has 0 fully saturated rings. The molecule has 6 heteroatoms. The number of carbonyl (C=O) groups is 2. The SMILES string of the molecule is Cc1ccc(C(=O)COC(=O)c2ccc(-c3ccccc3F)o2)s1. The van der Waals surface area contributed by atoms with Crippen molar-refractivity contribution in [2.24, 2.45) is 0 Å². The topological polar surface area (TPSA) is 56.5 Å². The third kappa shape index (κ3) is 3.44. The molecule has 0 aliphatic rings. The Balaban J connectivity index is 1.66. The number of Topliss-reactive ketones (excluding diaryl/α,β-unsaturated/α-hetero) is 1. The summed E-state index contributed by atoms with van der Waals surface area (Å²) >= 11 is 1.34. The van der Waals surface area contributed by atoms with E-state index < -0.39 is 11.8 Å². The predicted molar refractivity (Wildman–Crippen MR) is 87.8 cm³/mol.